The Morgan fingerprint density at radius 2 is 1.52 bits per heavy atom. The lowest BCUT2D eigenvalue weighted by atomic mass is 10.1. The summed E-state index contributed by atoms with van der Waals surface area (Å²) in [5.74, 6) is 0.350. The molecule has 0 fully saturated rings. The van der Waals surface area contributed by atoms with Crippen molar-refractivity contribution in [2.24, 2.45) is 0 Å². The fourth-order valence-electron chi connectivity index (χ4n) is 4.27. The van der Waals surface area contributed by atoms with Crippen molar-refractivity contribution in [1.82, 2.24) is 10.2 Å². The largest absolute Gasteiger partial charge is 0.497 e. The highest BCUT2D eigenvalue weighted by molar-refractivity contribution is 7.92. The number of nitrogens with one attached hydrogen (secondary N) is 1. The lowest BCUT2D eigenvalue weighted by Gasteiger charge is -2.32. The molecule has 0 aliphatic carbocycles. The second-order valence-corrected chi connectivity index (χ2v) is 11.4. The summed E-state index contributed by atoms with van der Waals surface area (Å²) in [5, 5.41) is 2.88. The molecule has 0 bridgehead atoms. The van der Waals surface area contributed by atoms with Gasteiger partial charge in [-0.2, -0.15) is 0 Å². The SMILES string of the molecule is CCCCNC(=O)[C@H](C)N(Cc1ccc(OC)cc1)C(=O)CN(c1cc(OC)ccc1OC)S(=O)(=O)c1ccccc1. The number of carbonyl (C=O) groups is 2. The summed E-state index contributed by atoms with van der Waals surface area (Å²) in [6.07, 6.45) is 1.70. The Morgan fingerprint density at radius 1 is 0.881 bits per heavy atom. The number of sulfonamides is 1. The van der Waals surface area contributed by atoms with Crippen molar-refractivity contribution in [2.45, 2.75) is 44.2 Å². The van der Waals surface area contributed by atoms with Crippen LogP contribution >= 0.6 is 0 Å². The molecule has 3 aromatic carbocycles. The average Bonchev–Trinajstić information content (AvgIpc) is 3.02. The van der Waals surface area contributed by atoms with Crippen LogP contribution in [0.3, 0.4) is 0 Å². The average molecular weight is 598 g/mol. The second-order valence-electron chi connectivity index (χ2n) is 9.55. The maximum absolute atomic E-state index is 14.1. The molecule has 2 amide bonds. The van der Waals surface area contributed by atoms with E-state index in [1.807, 2.05) is 6.92 Å². The smallest absolute Gasteiger partial charge is 0.264 e. The molecule has 0 saturated carbocycles. The monoisotopic (exact) mass is 597 g/mol. The Bertz CT molecular complexity index is 1430. The van der Waals surface area contributed by atoms with E-state index in [9.17, 15) is 18.0 Å². The third-order valence-electron chi connectivity index (χ3n) is 6.77. The number of unbranched alkanes of at least 4 members (excludes halogenated alkanes) is 1. The van der Waals surface area contributed by atoms with E-state index in [-0.39, 0.29) is 28.8 Å². The van der Waals surface area contributed by atoms with Gasteiger partial charge >= 0.3 is 0 Å². The zero-order chi connectivity index (χ0) is 30.7. The number of anilines is 1. The highest BCUT2D eigenvalue weighted by Gasteiger charge is 2.34. The molecule has 0 aliphatic heterocycles. The fraction of sp³-hybridized carbons (Fsp3) is 0.355. The maximum atomic E-state index is 14.1. The Morgan fingerprint density at radius 3 is 2.12 bits per heavy atom. The van der Waals surface area contributed by atoms with Crippen LogP contribution in [0.5, 0.6) is 17.2 Å². The summed E-state index contributed by atoms with van der Waals surface area (Å²) in [6, 6.07) is 18.8. The number of benzene rings is 3. The van der Waals surface area contributed by atoms with E-state index in [1.165, 1.54) is 37.3 Å². The number of methoxy groups -OCH3 is 3. The van der Waals surface area contributed by atoms with E-state index in [1.54, 1.807) is 68.6 Å². The van der Waals surface area contributed by atoms with E-state index in [0.29, 0.717) is 18.0 Å². The lowest BCUT2D eigenvalue weighted by molar-refractivity contribution is -0.139. The third-order valence-corrected chi connectivity index (χ3v) is 8.55. The van der Waals surface area contributed by atoms with Gasteiger partial charge in [-0.15, -0.1) is 0 Å². The highest BCUT2D eigenvalue weighted by Crippen LogP contribution is 2.36. The molecule has 0 aromatic heterocycles. The van der Waals surface area contributed by atoms with Gasteiger partial charge < -0.3 is 24.4 Å². The van der Waals surface area contributed by atoms with Gasteiger partial charge in [-0.25, -0.2) is 8.42 Å². The molecule has 1 atom stereocenters. The zero-order valence-electron chi connectivity index (χ0n) is 24.7. The number of nitrogens with zero attached hydrogens (tertiary/aromatic N) is 2. The number of hydrogen-bond donors (Lipinski definition) is 1. The van der Waals surface area contributed by atoms with Crippen LogP contribution in [0.1, 0.15) is 32.3 Å². The molecule has 0 spiro atoms. The van der Waals surface area contributed by atoms with Crippen LogP contribution in [0.15, 0.2) is 77.7 Å². The van der Waals surface area contributed by atoms with Crippen molar-refractivity contribution < 1.29 is 32.2 Å². The van der Waals surface area contributed by atoms with Gasteiger partial charge in [0.05, 0.1) is 31.9 Å². The molecular formula is C31H39N3O7S. The summed E-state index contributed by atoms with van der Waals surface area (Å²) in [4.78, 5) is 28.6. The van der Waals surface area contributed by atoms with Crippen molar-refractivity contribution in [3.63, 3.8) is 0 Å². The van der Waals surface area contributed by atoms with E-state index < -0.39 is 28.5 Å². The molecule has 0 unspecified atom stereocenters. The number of amides is 2. The van der Waals surface area contributed by atoms with Crippen LogP contribution < -0.4 is 23.8 Å². The molecule has 10 nitrogen and oxygen atoms in total. The molecule has 0 radical (unpaired) electrons. The van der Waals surface area contributed by atoms with Crippen molar-refractivity contribution in [3.8, 4) is 17.2 Å². The van der Waals surface area contributed by atoms with Gasteiger partial charge in [0.2, 0.25) is 11.8 Å². The Hall–Kier alpha value is -4.25. The van der Waals surface area contributed by atoms with Crippen molar-refractivity contribution in [3.05, 3.63) is 78.4 Å². The predicted octanol–water partition coefficient (Wildman–Crippen LogP) is 4.24. The molecule has 3 rings (SSSR count). The summed E-state index contributed by atoms with van der Waals surface area (Å²) in [7, 11) is 0.182. The molecule has 226 valence electrons. The first-order valence-electron chi connectivity index (χ1n) is 13.7. The van der Waals surface area contributed by atoms with Crippen LogP contribution in [-0.4, -0.2) is 65.6 Å². The van der Waals surface area contributed by atoms with Crippen LogP contribution in [0, 0.1) is 0 Å². The standard InChI is InChI=1S/C31H39N3O7S/c1-6-7-19-32-31(36)23(2)33(21-24-13-15-25(39-3)16-14-24)30(35)22-34(42(37,38)27-11-9-8-10-12-27)28-20-26(40-4)17-18-29(28)41-5/h8-18,20,23H,6-7,19,21-22H2,1-5H3,(H,32,36)/t23-/m0/s1. The van der Waals surface area contributed by atoms with E-state index >= 15 is 0 Å². The lowest BCUT2D eigenvalue weighted by Crippen LogP contribution is -2.51. The third kappa shape index (κ3) is 7.94. The Balaban J connectivity index is 2.07. The molecule has 0 aliphatic rings. The van der Waals surface area contributed by atoms with Gasteiger partial charge in [-0.05, 0) is 55.3 Å². The van der Waals surface area contributed by atoms with Crippen LogP contribution in [0.4, 0.5) is 5.69 Å². The molecule has 3 aromatic rings. The molecule has 0 saturated heterocycles. The van der Waals surface area contributed by atoms with Crippen LogP contribution in [0.25, 0.3) is 0 Å². The maximum Gasteiger partial charge on any atom is 0.264 e. The quantitative estimate of drug-likeness (QED) is 0.261. The minimum Gasteiger partial charge on any atom is -0.497 e. The molecule has 0 heterocycles. The van der Waals surface area contributed by atoms with E-state index in [4.69, 9.17) is 14.2 Å². The zero-order valence-corrected chi connectivity index (χ0v) is 25.5. The Kier molecular flexibility index (Phi) is 11.6. The van der Waals surface area contributed by atoms with Crippen molar-refractivity contribution in [1.29, 1.82) is 0 Å². The second kappa shape index (κ2) is 15.1. The van der Waals surface area contributed by atoms with Gasteiger partial charge in [-0.1, -0.05) is 43.7 Å². The molecule has 1 N–H and O–H groups in total. The normalized spacial score (nSPS) is 11.7. The summed E-state index contributed by atoms with van der Waals surface area (Å²) in [5.41, 5.74) is 0.868. The van der Waals surface area contributed by atoms with Crippen LogP contribution in [-0.2, 0) is 26.2 Å². The number of carbonyl (C=O) groups excluding carboxylic acids is 2. The van der Waals surface area contributed by atoms with E-state index in [2.05, 4.69) is 5.32 Å². The van der Waals surface area contributed by atoms with Crippen LogP contribution in [0.2, 0.25) is 0 Å². The van der Waals surface area contributed by atoms with Gasteiger partial charge in [0.25, 0.3) is 10.0 Å². The highest BCUT2D eigenvalue weighted by atomic mass is 32.2. The topological polar surface area (TPSA) is 114 Å². The molecule has 11 heteroatoms. The van der Waals surface area contributed by atoms with Crippen molar-refractivity contribution >= 4 is 27.5 Å². The van der Waals surface area contributed by atoms with Gasteiger partial charge in [-0.3, -0.25) is 13.9 Å². The molecule has 42 heavy (non-hydrogen) atoms. The first-order chi connectivity index (χ1) is 20.2. The number of rotatable bonds is 15. The predicted molar refractivity (Wildman–Crippen MR) is 161 cm³/mol. The van der Waals surface area contributed by atoms with Gasteiger partial charge in [0.15, 0.2) is 0 Å². The summed E-state index contributed by atoms with van der Waals surface area (Å²) >= 11 is 0. The number of ether oxygens (including phenoxy) is 3. The fourth-order valence-corrected chi connectivity index (χ4v) is 5.71. The number of hydrogen-bond acceptors (Lipinski definition) is 7. The first-order valence-corrected chi connectivity index (χ1v) is 15.1. The van der Waals surface area contributed by atoms with Gasteiger partial charge in [0, 0.05) is 19.2 Å². The van der Waals surface area contributed by atoms with Crippen molar-refractivity contribution in [2.75, 3.05) is 38.7 Å². The first kappa shape index (κ1) is 32.3. The Labute approximate surface area is 248 Å². The van der Waals surface area contributed by atoms with Gasteiger partial charge in [0.1, 0.15) is 29.8 Å². The minimum absolute atomic E-state index is 0.00488. The minimum atomic E-state index is -4.25. The summed E-state index contributed by atoms with van der Waals surface area (Å²) < 4.78 is 45.1. The summed E-state index contributed by atoms with van der Waals surface area (Å²) in [6.45, 7) is 3.59. The molecular weight excluding hydrogens is 558 g/mol. The van der Waals surface area contributed by atoms with E-state index in [0.717, 1.165) is 22.7 Å².